The number of nitrogens with zero attached hydrogens (tertiary/aromatic N) is 4. The van der Waals surface area contributed by atoms with Gasteiger partial charge in [0.1, 0.15) is 5.82 Å². The summed E-state index contributed by atoms with van der Waals surface area (Å²) < 4.78 is 18.1. The molecule has 2 N–H and O–H groups in total. The van der Waals surface area contributed by atoms with Crippen molar-refractivity contribution < 1.29 is 8.91 Å². The number of aliphatic imine (C=N–C) groups is 1. The highest BCUT2D eigenvalue weighted by molar-refractivity contribution is 14.0. The monoisotopic (exact) mass is 445 g/mol. The van der Waals surface area contributed by atoms with Crippen LogP contribution in [0.3, 0.4) is 0 Å². The van der Waals surface area contributed by atoms with Gasteiger partial charge in [-0.3, -0.25) is 4.99 Å². The number of hydrogen-bond donors (Lipinski definition) is 1. The Morgan fingerprint density at radius 1 is 1.38 bits per heavy atom. The van der Waals surface area contributed by atoms with Gasteiger partial charge in [-0.15, -0.1) is 24.0 Å². The molecule has 130 valence electrons. The lowest BCUT2D eigenvalue weighted by Crippen LogP contribution is -2.35. The van der Waals surface area contributed by atoms with Crippen molar-refractivity contribution in [3.8, 4) is 11.4 Å². The number of halogens is 2. The third kappa shape index (κ3) is 4.89. The molecular formula is C16H21FIN5O. The molecule has 6 nitrogen and oxygen atoms in total. The van der Waals surface area contributed by atoms with E-state index in [-0.39, 0.29) is 29.8 Å². The molecule has 1 aliphatic carbocycles. The highest BCUT2D eigenvalue weighted by atomic mass is 127. The molecule has 0 radical (unpaired) electrons. The van der Waals surface area contributed by atoms with Crippen LogP contribution in [-0.4, -0.2) is 40.6 Å². The van der Waals surface area contributed by atoms with E-state index < -0.39 is 0 Å². The van der Waals surface area contributed by atoms with Crippen LogP contribution in [0.15, 0.2) is 33.8 Å². The summed E-state index contributed by atoms with van der Waals surface area (Å²) in [5.41, 5.74) is 6.66. The molecule has 0 unspecified atom stereocenters. The molecule has 0 aliphatic heterocycles. The zero-order valence-corrected chi connectivity index (χ0v) is 15.8. The predicted molar refractivity (Wildman–Crippen MR) is 101 cm³/mol. The van der Waals surface area contributed by atoms with Crippen molar-refractivity contribution in [2.24, 2.45) is 10.7 Å². The highest BCUT2D eigenvalue weighted by Gasteiger charge is 2.27. The van der Waals surface area contributed by atoms with Gasteiger partial charge in [0.2, 0.25) is 11.7 Å². The topological polar surface area (TPSA) is 80.5 Å². The largest absolute Gasteiger partial charge is 0.370 e. The second-order valence-electron chi connectivity index (χ2n) is 5.70. The minimum atomic E-state index is -0.288. The molecule has 0 amide bonds. The van der Waals surface area contributed by atoms with Gasteiger partial charge in [0.15, 0.2) is 5.96 Å². The fourth-order valence-electron chi connectivity index (χ4n) is 2.26. The van der Waals surface area contributed by atoms with E-state index in [0.717, 1.165) is 12.0 Å². The SMILES string of the molecule is CN(C(N)=NCCCc1nc(-c2ccc(F)cc2)no1)C1CC1.I. The average molecular weight is 445 g/mol. The van der Waals surface area contributed by atoms with Crippen molar-refractivity contribution in [3.05, 3.63) is 36.0 Å². The maximum Gasteiger partial charge on any atom is 0.227 e. The predicted octanol–water partition coefficient (Wildman–Crippen LogP) is 2.84. The normalized spacial score (nSPS) is 14.3. The van der Waals surface area contributed by atoms with Gasteiger partial charge in [-0.1, -0.05) is 5.16 Å². The van der Waals surface area contributed by atoms with Crippen LogP contribution in [0.1, 0.15) is 25.2 Å². The molecule has 1 aliphatic rings. The lowest BCUT2D eigenvalue weighted by molar-refractivity contribution is 0.376. The lowest BCUT2D eigenvalue weighted by atomic mass is 10.2. The van der Waals surface area contributed by atoms with E-state index >= 15 is 0 Å². The highest BCUT2D eigenvalue weighted by Crippen LogP contribution is 2.24. The Labute approximate surface area is 157 Å². The molecule has 1 aromatic carbocycles. The summed E-state index contributed by atoms with van der Waals surface area (Å²) in [7, 11) is 1.98. The third-order valence-electron chi connectivity index (χ3n) is 3.85. The number of nitrogens with two attached hydrogens (primary N) is 1. The molecule has 2 aromatic rings. The fraction of sp³-hybridized carbons (Fsp3) is 0.438. The second kappa shape index (κ2) is 8.41. The van der Waals surface area contributed by atoms with Crippen molar-refractivity contribution in [3.63, 3.8) is 0 Å². The van der Waals surface area contributed by atoms with E-state index in [1.54, 1.807) is 12.1 Å². The van der Waals surface area contributed by atoms with E-state index in [9.17, 15) is 4.39 Å². The van der Waals surface area contributed by atoms with E-state index in [2.05, 4.69) is 15.1 Å². The Morgan fingerprint density at radius 2 is 2.08 bits per heavy atom. The number of benzene rings is 1. The van der Waals surface area contributed by atoms with Crippen LogP contribution >= 0.6 is 24.0 Å². The van der Waals surface area contributed by atoms with Crippen LogP contribution in [0, 0.1) is 5.82 Å². The van der Waals surface area contributed by atoms with Crippen molar-refractivity contribution in [2.75, 3.05) is 13.6 Å². The average Bonchev–Trinajstić information content (AvgIpc) is 3.30. The first-order valence-corrected chi connectivity index (χ1v) is 7.75. The summed E-state index contributed by atoms with van der Waals surface area (Å²) in [5.74, 6) is 1.32. The molecule has 8 heteroatoms. The van der Waals surface area contributed by atoms with Gasteiger partial charge in [0, 0.05) is 31.6 Å². The quantitative estimate of drug-likeness (QED) is 0.320. The van der Waals surface area contributed by atoms with Gasteiger partial charge in [-0.05, 0) is 43.5 Å². The summed E-state index contributed by atoms with van der Waals surface area (Å²) >= 11 is 0. The van der Waals surface area contributed by atoms with Gasteiger partial charge >= 0.3 is 0 Å². The Kier molecular flexibility index (Phi) is 6.52. The second-order valence-corrected chi connectivity index (χ2v) is 5.70. The van der Waals surface area contributed by atoms with Gasteiger partial charge in [-0.2, -0.15) is 4.98 Å². The standard InChI is InChI=1S/C16H20FN5O.HI/c1-22(13-8-9-13)16(18)19-10-2-3-14-20-15(21-23-14)11-4-6-12(17)7-5-11;/h4-7,13H,2-3,8-10H2,1H3,(H2,18,19);1H. The minimum absolute atomic E-state index is 0. The Balaban J connectivity index is 0.00000208. The molecule has 0 spiro atoms. The Hall–Kier alpha value is -1.71. The summed E-state index contributed by atoms with van der Waals surface area (Å²) in [6.45, 7) is 0.622. The first kappa shape index (κ1) is 18.6. The molecule has 3 rings (SSSR count). The van der Waals surface area contributed by atoms with Gasteiger partial charge in [-0.25, -0.2) is 4.39 Å². The molecule has 1 heterocycles. The van der Waals surface area contributed by atoms with Gasteiger partial charge in [0.05, 0.1) is 0 Å². The zero-order valence-electron chi connectivity index (χ0n) is 13.5. The summed E-state index contributed by atoms with van der Waals surface area (Å²) in [6, 6.07) is 6.57. The van der Waals surface area contributed by atoms with Crippen LogP contribution in [0.5, 0.6) is 0 Å². The smallest absolute Gasteiger partial charge is 0.227 e. The first-order valence-electron chi connectivity index (χ1n) is 7.75. The third-order valence-corrected chi connectivity index (χ3v) is 3.85. The van der Waals surface area contributed by atoms with Crippen LogP contribution in [0.25, 0.3) is 11.4 Å². The zero-order chi connectivity index (χ0) is 16.2. The van der Waals surface area contributed by atoms with Crippen LogP contribution < -0.4 is 5.73 Å². The molecule has 0 bridgehead atoms. The van der Waals surface area contributed by atoms with Crippen molar-refractivity contribution >= 4 is 29.9 Å². The van der Waals surface area contributed by atoms with Crippen LogP contribution in [-0.2, 0) is 6.42 Å². The maximum absolute atomic E-state index is 12.9. The Morgan fingerprint density at radius 3 is 2.75 bits per heavy atom. The number of aromatic nitrogens is 2. The minimum Gasteiger partial charge on any atom is -0.370 e. The number of hydrogen-bond acceptors (Lipinski definition) is 4. The van der Waals surface area contributed by atoms with Crippen molar-refractivity contribution in [1.82, 2.24) is 15.0 Å². The molecular weight excluding hydrogens is 424 g/mol. The van der Waals surface area contributed by atoms with Crippen LogP contribution in [0.4, 0.5) is 4.39 Å². The van der Waals surface area contributed by atoms with E-state index in [1.807, 2.05) is 11.9 Å². The van der Waals surface area contributed by atoms with Crippen LogP contribution in [0.2, 0.25) is 0 Å². The molecule has 0 saturated heterocycles. The molecule has 1 aromatic heterocycles. The first-order chi connectivity index (χ1) is 11.1. The molecule has 1 saturated carbocycles. The maximum atomic E-state index is 12.9. The van der Waals surface area contributed by atoms with E-state index in [4.69, 9.17) is 10.3 Å². The summed E-state index contributed by atoms with van der Waals surface area (Å²) in [4.78, 5) is 10.7. The molecule has 0 atom stereocenters. The van der Waals surface area contributed by atoms with E-state index in [0.29, 0.717) is 36.7 Å². The van der Waals surface area contributed by atoms with Gasteiger partial charge < -0.3 is 15.2 Å². The van der Waals surface area contributed by atoms with E-state index in [1.165, 1.54) is 25.0 Å². The Bertz CT molecular complexity index is 684. The molecule has 24 heavy (non-hydrogen) atoms. The molecule has 1 fully saturated rings. The number of rotatable bonds is 6. The van der Waals surface area contributed by atoms with Crippen molar-refractivity contribution in [2.45, 2.75) is 31.7 Å². The summed E-state index contributed by atoms with van der Waals surface area (Å²) in [5, 5.41) is 3.91. The lowest BCUT2D eigenvalue weighted by Gasteiger charge is -2.16. The summed E-state index contributed by atoms with van der Waals surface area (Å²) in [6.07, 6.45) is 3.81. The number of aryl methyl sites for hydroxylation is 1. The number of guanidine groups is 1. The van der Waals surface area contributed by atoms with Crippen molar-refractivity contribution in [1.29, 1.82) is 0 Å². The fourth-order valence-corrected chi connectivity index (χ4v) is 2.26. The van der Waals surface area contributed by atoms with Gasteiger partial charge in [0.25, 0.3) is 0 Å².